The summed E-state index contributed by atoms with van der Waals surface area (Å²) in [5.74, 6) is 2.47. The average molecular weight is 294 g/mol. The van der Waals surface area contributed by atoms with Crippen LogP contribution in [0.2, 0.25) is 0 Å². The third-order valence-electron chi connectivity index (χ3n) is 2.89. The van der Waals surface area contributed by atoms with Crippen LogP contribution in [0, 0.1) is 12.3 Å². The van der Waals surface area contributed by atoms with Crippen LogP contribution in [0.1, 0.15) is 32.3 Å². The molecule has 110 valence electrons. The van der Waals surface area contributed by atoms with Crippen LogP contribution >= 0.6 is 0 Å². The van der Waals surface area contributed by atoms with Crippen LogP contribution in [0.25, 0.3) is 0 Å². The molecule has 0 aromatic heterocycles. The number of hydrogen-bond donors (Lipinski definition) is 2. The van der Waals surface area contributed by atoms with E-state index in [4.69, 9.17) is 6.42 Å². The second kappa shape index (κ2) is 8.05. The standard InChI is InChI=1S/C15H22N2O2S/c1-4-7-14(5-2)17-20(18,19)15-10-8-13(9-11-15)12-16-6-3/h2,8-11,14,16-17H,4,6-7,12H2,1,3H3. The highest BCUT2D eigenvalue weighted by molar-refractivity contribution is 7.89. The normalized spacial score (nSPS) is 12.8. The molecule has 0 bridgehead atoms. The van der Waals surface area contributed by atoms with Crippen molar-refractivity contribution in [1.29, 1.82) is 0 Å². The Morgan fingerprint density at radius 3 is 2.40 bits per heavy atom. The lowest BCUT2D eigenvalue weighted by molar-refractivity contribution is 0.564. The highest BCUT2D eigenvalue weighted by Crippen LogP contribution is 2.12. The highest BCUT2D eigenvalue weighted by atomic mass is 32.2. The van der Waals surface area contributed by atoms with Gasteiger partial charge in [0.1, 0.15) is 0 Å². The van der Waals surface area contributed by atoms with Crippen molar-refractivity contribution in [3.8, 4) is 12.3 Å². The molecule has 20 heavy (non-hydrogen) atoms. The summed E-state index contributed by atoms with van der Waals surface area (Å²) in [5.41, 5.74) is 1.05. The lowest BCUT2D eigenvalue weighted by Gasteiger charge is -2.13. The molecule has 1 aromatic carbocycles. The molecular weight excluding hydrogens is 272 g/mol. The molecule has 0 radical (unpaired) electrons. The van der Waals surface area contributed by atoms with Crippen LogP contribution in [0.15, 0.2) is 29.2 Å². The Morgan fingerprint density at radius 2 is 1.90 bits per heavy atom. The zero-order valence-electron chi connectivity index (χ0n) is 12.0. The van der Waals surface area contributed by atoms with Crippen molar-refractivity contribution in [2.75, 3.05) is 6.54 Å². The van der Waals surface area contributed by atoms with Gasteiger partial charge in [0, 0.05) is 6.54 Å². The maximum atomic E-state index is 12.2. The van der Waals surface area contributed by atoms with Crippen LogP contribution in [0.5, 0.6) is 0 Å². The van der Waals surface area contributed by atoms with E-state index in [2.05, 4.69) is 16.0 Å². The first-order chi connectivity index (χ1) is 9.53. The van der Waals surface area contributed by atoms with E-state index in [0.29, 0.717) is 6.42 Å². The van der Waals surface area contributed by atoms with Crippen LogP contribution < -0.4 is 10.0 Å². The van der Waals surface area contributed by atoms with Crippen molar-refractivity contribution in [3.63, 3.8) is 0 Å². The summed E-state index contributed by atoms with van der Waals surface area (Å²) in [6.45, 7) is 5.60. The van der Waals surface area contributed by atoms with Gasteiger partial charge in [-0.1, -0.05) is 38.3 Å². The first kappa shape index (κ1) is 16.7. The van der Waals surface area contributed by atoms with Crippen molar-refractivity contribution < 1.29 is 8.42 Å². The highest BCUT2D eigenvalue weighted by Gasteiger charge is 2.17. The van der Waals surface area contributed by atoms with Crippen molar-refractivity contribution in [2.24, 2.45) is 0 Å². The Kier molecular flexibility index (Phi) is 6.73. The van der Waals surface area contributed by atoms with Gasteiger partial charge in [0.15, 0.2) is 0 Å². The second-order valence-electron chi connectivity index (χ2n) is 4.55. The molecule has 0 saturated carbocycles. The van der Waals surface area contributed by atoms with Crippen molar-refractivity contribution in [3.05, 3.63) is 29.8 Å². The fourth-order valence-corrected chi connectivity index (χ4v) is 2.97. The van der Waals surface area contributed by atoms with Gasteiger partial charge in [0.05, 0.1) is 10.9 Å². The summed E-state index contributed by atoms with van der Waals surface area (Å²) in [7, 11) is -3.54. The molecule has 0 fully saturated rings. The van der Waals surface area contributed by atoms with Crippen LogP contribution in [0.4, 0.5) is 0 Å². The zero-order valence-corrected chi connectivity index (χ0v) is 12.8. The second-order valence-corrected chi connectivity index (χ2v) is 6.27. The molecule has 4 nitrogen and oxygen atoms in total. The van der Waals surface area contributed by atoms with E-state index in [1.54, 1.807) is 12.1 Å². The number of benzene rings is 1. The van der Waals surface area contributed by atoms with E-state index in [1.165, 1.54) is 0 Å². The minimum absolute atomic E-state index is 0.245. The molecule has 1 rings (SSSR count). The Labute approximate surface area is 122 Å². The third kappa shape index (κ3) is 4.97. The Balaban J connectivity index is 2.80. The van der Waals surface area contributed by atoms with Gasteiger partial charge in [-0.05, 0) is 30.7 Å². The Morgan fingerprint density at radius 1 is 1.25 bits per heavy atom. The van der Waals surface area contributed by atoms with Crippen molar-refractivity contribution in [1.82, 2.24) is 10.0 Å². The maximum Gasteiger partial charge on any atom is 0.241 e. The van der Waals surface area contributed by atoms with E-state index in [9.17, 15) is 8.42 Å². The van der Waals surface area contributed by atoms with Crippen molar-refractivity contribution >= 4 is 10.0 Å². The molecule has 0 heterocycles. The van der Waals surface area contributed by atoms with Gasteiger partial charge < -0.3 is 5.32 Å². The largest absolute Gasteiger partial charge is 0.313 e. The third-order valence-corrected chi connectivity index (χ3v) is 4.38. The fraction of sp³-hybridized carbons (Fsp3) is 0.467. The van der Waals surface area contributed by atoms with Gasteiger partial charge in [-0.3, -0.25) is 0 Å². The van der Waals surface area contributed by atoms with Gasteiger partial charge in [0.2, 0.25) is 10.0 Å². The quantitative estimate of drug-likeness (QED) is 0.720. The molecule has 0 spiro atoms. The molecule has 0 saturated heterocycles. The number of sulfonamides is 1. The minimum Gasteiger partial charge on any atom is -0.313 e. The summed E-state index contributed by atoms with van der Waals surface area (Å²) >= 11 is 0. The van der Waals surface area contributed by atoms with Gasteiger partial charge in [0.25, 0.3) is 0 Å². The molecule has 5 heteroatoms. The van der Waals surface area contributed by atoms with Crippen molar-refractivity contribution in [2.45, 2.75) is 44.2 Å². The topological polar surface area (TPSA) is 58.2 Å². The van der Waals surface area contributed by atoms with Crippen LogP contribution in [-0.4, -0.2) is 21.0 Å². The van der Waals surface area contributed by atoms with E-state index >= 15 is 0 Å². The minimum atomic E-state index is -3.54. The molecule has 0 amide bonds. The Bertz CT molecular complexity index is 544. The van der Waals surface area contributed by atoms with Crippen LogP contribution in [-0.2, 0) is 16.6 Å². The SMILES string of the molecule is C#CC(CCC)NS(=O)(=O)c1ccc(CNCC)cc1. The monoisotopic (exact) mass is 294 g/mol. The molecule has 0 aliphatic carbocycles. The number of rotatable bonds is 8. The van der Waals surface area contributed by atoms with Gasteiger partial charge in [-0.15, -0.1) is 6.42 Å². The smallest absolute Gasteiger partial charge is 0.241 e. The number of terminal acetylenes is 1. The van der Waals surface area contributed by atoms with E-state index in [0.717, 1.165) is 25.1 Å². The Hall–Kier alpha value is -1.35. The van der Waals surface area contributed by atoms with Crippen LogP contribution in [0.3, 0.4) is 0 Å². The molecule has 1 unspecified atom stereocenters. The molecule has 2 N–H and O–H groups in total. The summed E-state index contributed by atoms with van der Waals surface area (Å²) in [4.78, 5) is 0.245. The predicted octanol–water partition coefficient (Wildman–Crippen LogP) is 1.88. The molecule has 1 atom stereocenters. The van der Waals surface area contributed by atoms with E-state index in [1.807, 2.05) is 26.0 Å². The van der Waals surface area contributed by atoms with Gasteiger partial charge >= 0.3 is 0 Å². The predicted molar refractivity (Wildman–Crippen MR) is 81.7 cm³/mol. The summed E-state index contributed by atoms with van der Waals surface area (Å²) in [6, 6.07) is 6.37. The lowest BCUT2D eigenvalue weighted by Crippen LogP contribution is -2.33. The molecule has 0 aliphatic rings. The van der Waals surface area contributed by atoms with E-state index < -0.39 is 16.1 Å². The lowest BCUT2D eigenvalue weighted by atomic mass is 10.2. The average Bonchev–Trinajstić information content (AvgIpc) is 2.45. The summed E-state index contributed by atoms with van der Waals surface area (Å²) in [5, 5.41) is 3.19. The number of nitrogens with one attached hydrogen (secondary N) is 2. The number of hydrogen-bond acceptors (Lipinski definition) is 3. The summed E-state index contributed by atoms with van der Waals surface area (Å²) < 4.78 is 26.9. The molecular formula is C15H22N2O2S. The molecule has 0 aliphatic heterocycles. The maximum absolute atomic E-state index is 12.2. The summed E-state index contributed by atoms with van der Waals surface area (Å²) in [6.07, 6.45) is 6.80. The first-order valence-corrected chi connectivity index (χ1v) is 8.30. The van der Waals surface area contributed by atoms with E-state index in [-0.39, 0.29) is 4.90 Å². The molecule has 1 aromatic rings. The fourth-order valence-electron chi connectivity index (χ4n) is 1.78. The van der Waals surface area contributed by atoms with Gasteiger partial charge in [-0.2, -0.15) is 4.72 Å². The van der Waals surface area contributed by atoms with Gasteiger partial charge in [-0.25, -0.2) is 8.42 Å². The zero-order chi connectivity index (χ0) is 15.0. The first-order valence-electron chi connectivity index (χ1n) is 6.81.